The first-order valence-corrected chi connectivity index (χ1v) is 7.60. The van der Waals surface area contributed by atoms with Crippen LogP contribution in [0, 0.1) is 0 Å². The third kappa shape index (κ3) is 2.04. The van der Waals surface area contributed by atoms with Gasteiger partial charge in [0.25, 0.3) is 0 Å². The lowest BCUT2D eigenvalue weighted by Gasteiger charge is -2.52. The molecule has 2 unspecified atom stereocenters. The van der Waals surface area contributed by atoms with Crippen LogP contribution in [0.25, 0.3) is 0 Å². The summed E-state index contributed by atoms with van der Waals surface area (Å²) in [5.41, 5.74) is 5.68. The molecule has 0 aromatic heterocycles. The second-order valence-electron chi connectivity index (χ2n) is 4.34. The van der Waals surface area contributed by atoms with E-state index in [4.69, 9.17) is 5.73 Å². The number of carboxylic acids is 1. The highest BCUT2D eigenvalue weighted by Crippen LogP contribution is 2.43. The number of β-lactam (4-membered cyclic amide) rings is 1. The summed E-state index contributed by atoms with van der Waals surface area (Å²) in [6, 6.07) is -0.442. The molecule has 0 aromatic rings. The number of hydrogen-bond donors (Lipinski definition) is 2. The molecule has 0 radical (unpaired) electrons. The van der Waals surface area contributed by atoms with Gasteiger partial charge in [-0.15, -0.1) is 23.5 Å². The molecule has 0 aromatic carbocycles. The number of carbonyl (C=O) groups is 2. The molecule has 2 fully saturated rings. The summed E-state index contributed by atoms with van der Waals surface area (Å²) >= 11 is 2.93. The van der Waals surface area contributed by atoms with Crippen LogP contribution in [-0.2, 0) is 9.59 Å². The van der Waals surface area contributed by atoms with Gasteiger partial charge in [0.1, 0.15) is 16.2 Å². The summed E-state index contributed by atoms with van der Waals surface area (Å²) in [6.45, 7) is 2.31. The summed E-state index contributed by atoms with van der Waals surface area (Å²) in [5, 5.41) is 9.38. The number of nitrogens with two attached hydrogens (primary N) is 1. The van der Waals surface area contributed by atoms with Gasteiger partial charge in [-0.2, -0.15) is 0 Å². The second kappa shape index (κ2) is 4.70. The third-order valence-electron chi connectivity index (χ3n) is 3.07. The number of carboxylic acid groups (broad SMARTS) is 1. The first-order chi connectivity index (χ1) is 8.02. The van der Waals surface area contributed by atoms with E-state index in [-0.39, 0.29) is 17.8 Å². The van der Waals surface area contributed by atoms with Crippen molar-refractivity contribution in [3.05, 3.63) is 0 Å². The molecule has 96 valence electrons. The molecule has 2 aliphatic heterocycles. The van der Waals surface area contributed by atoms with E-state index in [1.807, 2.05) is 6.92 Å². The van der Waals surface area contributed by atoms with E-state index in [1.54, 1.807) is 4.90 Å². The number of aliphatic carboxylic acids is 1. The lowest BCUT2D eigenvalue weighted by Crippen LogP contribution is -2.73. The third-order valence-corrected chi connectivity index (χ3v) is 6.41. The highest BCUT2D eigenvalue weighted by molar-refractivity contribution is 8.05. The Morgan fingerprint density at radius 3 is 3.06 bits per heavy atom. The molecule has 0 bridgehead atoms. The van der Waals surface area contributed by atoms with Crippen LogP contribution in [0.15, 0.2) is 0 Å². The van der Waals surface area contributed by atoms with Gasteiger partial charge in [0, 0.05) is 12.3 Å². The van der Waals surface area contributed by atoms with Crippen LogP contribution < -0.4 is 5.73 Å². The first kappa shape index (κ1) is 13.0. The van der Waals surface area contributed by atoms with E-state index in [0.717, 1.165) is 12.2 Å². The number of hydrogen-bond acceptors (Lipinski definition) is 5. The highest BCUT2D eigenvalue weighted by atomic mass is 32.2. The monoisotopic (exact) mass is 276 g/mol. The van der Waals surface area contributed by atoms with E-state index in [2.05, 4.69) is 0 Å². The Kier molecular flexibility index (Phi) is 3.61. The van der Waals surface area contributed by atoms with Crippen molar-refractivity contribution in [2.24, 2.45) is 5.73 Å². The smallest absolute Gasteiger partial charge is 0.322 e. The van der Waals surface area contributed by atoms with E-state index in [9.17, 15) is 14.7 Å². The van der Waals surface area contributed by atoms with Crippen molar-refractivity contribution in [1.82, 2.24) is 4.90 Å². The molecule has 0 saturated carbocycles. The quantitative estimate of drug-likeness (QED) is 0.714. The molecule has 0 spiro atoms. The standard InChI is InChI=1S/C10H16N2O3S2/c1-2-3-17-10(9(14)15)4-12-7(13)6(11)8(12)16-5-10/h6,8H,2-5,11H2,1H3,(H,14,15)/t6?,8-,10?/m1/s1. The molecule has 1 amide bonds. The Bertz CT molecular complexity index is 352. The van der Waals surface area contributed by atoms with E-state index < -0.39 is 16.8 Å². The molecule has 2 rings (SSSR count). The van der Waals surface area contributed by atoms with Crippen molar-refractivity contribution in [2.45, 2.75) is 29.5 Å². The van der Waals surface area contributed by atoms with Gasteiger partial charge in [-0.05, 0) is 12.2 Å². The summed E-state index contributed by atoms with van der Waals surface area (Å²) < 4.78 is -0.854. The topological polar surface area (TPSA) is 83.6 Å². The number of carbonyl (C=O) groups excluding carboxylic acids is 1. The van der Waals surface area contributed by atoms with Gasteiger partial charge in [0.05, 0.1) is 0 Å². The molecular weight excluding hydrogens is 260 g/mol. The van der Waals surface area contributed by atoms with E-state index >= 15 is 0 Å². The van der Waals surface area contributed by atoms with Gasteiger partial charge in [0.15, 0.2) is 0 Å². The van der Waals surface area contributed by atoms with E-state index in [0.29, 0.717) is 5.75 Å². The zero-order valence-electron chi connectivity index (χ0n) is 9.59. The van der Waals surface area contributed by atoms with Crippen molar-refractivity contribution in [2.75, 3.05) is 18.1 Å². The Labute approximate surface area is 108 Å². The van der Waals surface area contributed by atoms with Gasteiger partial charge < -0.3 is 15.7 Å². The molecule has 2 aliphatic rings. The van der Waals surface area contributed by atoms with Crippen LogP contribution in [0.3, 0.4) is 0 Å². The summed E-state index contributed by atoms with van der Waals surface area (Å²) in [4.78, 5) is 24.6. The van der Waals surface area contributed by atoms with Crippen LogP contribution in [0.1, 0.15) is 13.3 Å². The van der Waals surface area contributed by atoms with Crippen molar-refractivity contribution in [3.8, 4) is 0 Å². The van der Waals surface area contributed by atoms with Gasteiger partial charge in [-0.3, -0.25) is 9.59 Å². The molecule has 2 heterocycles. The zero-order chi connectivity index (χ0) is 12.6. The fourth-order valence-electron chi connectivity index (χ4n) is 2.03. The molecule has 5 nitrogen and oxygen atoms in total. The van der Waals surface area contributed by atoms with Gasteiger partial charge in [-0.1, -0.05) is 6.92 Å². The summed E-state index contributed by atoms with van der Waals surface area (Å²) in [5.74, 6) is 0.376. The molecular formula is C10H16N2O3S2. The fraction of sp³-hybridized carbons (Fsp3) is 0.800. The Hall–Kier alpha value is -0.400. The number of thioether (sulfide) groups is 2. The van der Waals surface area contributed by atoms with Crippen LogP contribution in [-0.4, -0.2) is 56.1 Å². The Balaban J connectivity index is 2.09. The normalized spacial score (nSPS) is 36.4. The van der Waals surface area contributed by atoms with Crippen LogP contribution in [0.2, 0.25) is 0 Å². The molecule has 3 atom stereocenters. The minimum absolute atomic E-state index is 0.0165. The molecule has 7 heteroatoms. The largest absolute Gasteiger partial charge is 0.480 e. The number of rotatable bonds is 4. The minimum atomic E-state index is -0.854. The first-order valence-electron chi connectivity index (χ1n) is 5.57. The van der Waals surface area contributed by atoms with Crippen LogP contribution in [0.5, 0.6) is 0 Å². The average molecular weight is 276 g/mol. The van der Waals surface area contributed by atoms with Crippen LogP contribution in [0.4, 0.5) is 0 Å². The molecule has 3 N–H and O–H groups in total. The molecule has 0 aliphatic carbocycles. The van der Waals surface area contributed by atoms with Crippen LogP contribution >= 0.6 is 23.5 Å². The number of nitrogens with zero attached hydrogens (tertiary/aromatic N) is 1. The maximum absolute atomic E-state index is 11.6. The maximum atomic E-state index is 11.6. The molecule has 17 heavy (non-hydrogen) atoms. The number of amides is 1. The Morgan fingerprint density at radius 1 is 1.76 bits per heavy atom. The average Bonchev–Trinajstić information content (AvgIpc) is 2.34. The number of fused-ring (bicyclic) bond motifs is 1. The van der Waals surface area contributed by atoms with Crippen molar-refractivity contribution < 1.29 is 14.7 Å². The second-order valence-corrected chi connectivity index (χ2v) is 6.92. The lowest BCUT2D eigenvalue weighted by atomic mass is 10.0. The van der Waals surface area contributed by atoms with Gasteiger partial charge in [-0.25, -0.2) is 0 Å². The van der Waals surface area contributed by atoms with Crippen molar-refractivity contribution >= 4 is 35.4 Å². The van der Waals surface area contributed by atoms with Crippen molar-refractivity contribution in [1.29, 1.82) is 0 Å². The summed E-state index contributed by atoms with van der Waals surface area (Å²) in [6.07, 6.45) is 0.932. The van der Waals surface area contributed by atoms with E-state index in [1.165, 1.54) is 23.5 Å². The lowest BCUT2D eigenvalue weighted by molar-refractivity contribution is -0.148. The minimum Gasteiger partial charge on any atom is -0.480 e. The highest BCUT2D eigenvalue weighted by Gasteiger charge is 2.55. The fourth-order valence-corrected chi connectivity index (χ4v) is 4.85. The zero-order valence-corrected chi connectivity index (χ0v) is 11.2. The summed E-state index contributed by atoms with van der Waals surface area (Å²) in [7, 11) is 0. The van der Waals surface area contributed by atoms with Crippen molar-refractivity contribution in [3.63, 3.8) is 0 Å². The predicted molar refractivity (Wildman–Crippen MR) is 69.1 cm³/mol. The van der Waals surface area contributed by atoms with Gasteiger partial charge >= 0.3 is 5.97 Å². The maximum Gasteiger partial charge on any atom is 0.322 e. The predicted octanol–water partition coefficient (Wildman–Crippen LogP) is 0.195. The Morgan fingerprint density at radius 2 is 2.47 bits per heavy atom. The SMILES string of the molecule is CCCSC1(C(=O)O)CS[C@@H]2C(N)C(=O)N2C1. The van der Waals surface area contributed by atoms with Gasteiger partial charge in [0.2, 0.25) is 5.91 Å². The molecule has 2 saturated heterocycles.